The number of aromatic amines is 1. The Labute approximate surface area is 184 Å². The fraction of sp³-hybridized carbons (Fsp3) is 0.182. The van der Waals surface area contributed by atoms with Crippen LogP contribution in [0.4, 0.5) is 17.5 Å². The zero-order valence-corrected chi connectivity index (χ0v) is 18.5. The third-order valence-electron chi connectivity index (χ3n) is 4.59. The number of aromatic nitrogens is 5. The molecule has 0 atom stereocenters. The lowest BCUT2D eigenvalue weighted by Gasteiger charge is -2.13. The molecule has 0 bridgehead atoms. The summed E-state index contributed by atoms with van der Waals surface area (Å²) in [6.45, 7) is 6.01. The van der Waals surface area contributed by atoms with Gasteiger partial charge in [0.1, 0.15) is 11.6 Å². The van der Waals surface area contributed by atoms with Crippen molar-refractivity contribution in [3.63, 3.8) is 0 Å². The van der Waals surface area contributed by atoms with E-state index in [9.17, 15) is 0 Å². The zero-order chi connectivity index (χ0) is 22.0. The molecule has 0 amide bonds. The van der Waals surface area contributed by atoms with E-state index in [1.165, 1.54) is 17.3 Å². The Bertz CT molecular complexity index is 1220. The molecular weight excluding hydrogens is 410 g/mol. The normalized spacial score (nSPS) is 10.8. The third-order valence-corrected chi connectivity index (χ3v) is 5.14. The van der Waals surface area contributed by atoms with Gasteiger partial charge in [-0.25, -0.2) is 4.98 Å². The minimum absolute atomic E-state index is 0.372. The second kappa shape index (κ2) is 8.65. The largest absolute Gasteiger partial charge is 0.438 e. The number of aryl methyl sites for hydroxylation is 3. The molecule has 31 heavy (non-hydrogen) atoms. The lowest BCUT2D eigenvalue weighted by Crippen LogP contribution is -1.99. The number of anilines is 3. The van der Waals surface area contributed by atoms with Crippen LogP contribution in [0.3, 0.4) is 0 Å². The maximum absolute atomic E-state index is 6.05. The molecule has 0 unspecified atom stereocenters. The van der Waals surface area contributed by atoms with E-state index in [0.29, 0.717) is 28.6 Å². The molecule has 2 heterocycles. The number of benzene rings is 2. The van der Waals surface area contributed by atoms with Crippen molar-refractivity contribution >= 4 is 29.2 Å². The molecule has 158 valence electrons. The predicted octanol–water partition coefficient (Wildman–Crippen LogP) is 5.03. The summed E-state index contributed by atoms with van der Waals surface area (Å²) < 4.78 is 6.05. The maximum Gasteiger partial charge on any atom is 0.226 e. The summed E-state index contributed by atoms with van der Waals surface area (Å²) in [5, 5.41) is 12.3. The molecule has 0 saturated heterocycles. The van der Waals surface area contributed by atoms with E-state index in [-0.39, 0.29) is 0 Å². The van der Waals surface area contributed by atoms with Crippen LogP contribution in [0.2, 0.25) is 0 Å². The molecule has 9 heteroatoms. The van der Waals surface area contributed by atoms with E-state index >= 15 is 0 Å². The van der Waals surface area contributed by atoms with Crippen LogP contribution in [0.1, 0.15) is 16.7 Å². The minimum Gasteiger partial charge on any atom is -0.438 e. The van der Waals surface area contributed by atoms with Gasteiger partial charge in [-0.3, -0.25) is 0 Å². The van der Waals surface area contributed by atoms with E-state index in [1.807, 2.05) is 63.4 Å². The standard InChI is InChI=1S/C22H23N7OS/c1-12-6-5-7-16(8-12)24-21-27-20(28-29-21)15-9-13(2)19(14(3)10-15)30-18-11-17(23)25-22(26-18)31-4/h5-11H,1-4H3,(H2,23,25,26)(H2,24,27,28,29). The number of nitrogens with two attached hydrogens (primary N) is 1. The van der Waals surface area contributed by atoms with Crippen LogP contribution in [0.5, 0.6) is 11.6 Å². The molecular formula is C22H23N7OS. The van der Waals surface area contributed by atoms with Gasteiger partial charge in [0, 0.05) is 17.3 Å². The molecule has 0 fully saturated rings. The van der Waals surface area contributed by atoms with Crippen LogP contribution in [0.25, 0.3) is 11.4 Å². The molecule has 0 spiro atoms. The number of ether oxygens (including phenoxy) is 1. The molecule has 0 aliphatic heterocycles. The highest BCUT2D eigenvalue weighted by Crippen LogP contribution is 2.33. The Morgan fingerprint density at radius 1 is 1.00 bits per heavy atom. The van der Waals surface area contributed by atoms with Crippen molar-refractivity contribution in [3.05, 3.63) is 59.2 Å². The number of nitrogen functional groups attached to an aromatic ring is 1. The summed E-state index contributed by atoms with van der Waals surface area (Å²) in [6, 6.07) is 13.7. The van der Waals surface area contributed by atoms with Gasteiger partial charge in [0.2, 0.25) is 11.8 Å². The number of thioether (sulfide) groups is 1. The molecule has 8 nitrogen and oxygen atoms in total. The number of rotatable bonds is 6. The van der Waals surface area contributed by atoms with Gasteiger partial charge in [-0.1, -0.05) is 23.9 Å². The predicted molar refractivity (Wildman–Crippen MR) is 124 cm³/mol. The monoisotopic (exact) mass is 433 g/mol. The number of hydrogen-bond acceptors (Lipinski definition) is 8. The second-order valence-corrected chi connectivity index (χ2v) is 7.95. The van der Waals surface area contributed by atoms with E-state index in [0.717, 1.165) is 28.1 Å². The summed E-state index contributed by atoms with van der Waals surface area (Å²) in [6.07, 6.45) is 1.89. The van der Waals surface area contributed by atoms with Crippen molar-refractivity contribution in [2.45, 2.75) is 25.9 Å². The van der Waals surface area contributed by atoms with E-state index in [4.69, 9.17) is 10.5 Å². The molecule has 4 N–H and O–H groups in total. The van der Waals surface area contributed by atoms with Gasteiger partial charge in [-0.15, -0.1) is 10.2 Å². The van der Waals surface area contributed by atoms with E-state index in [2.05, 4.69) is 30.5 Å². The number of nitrogens with one attached hydrogen (secondary N) is 2. The minimum atomic E-state index is 0.372. The van der Waals surface area contributed by atoms with Gasteiger partial charge in [0.15, 0.2) is 11.0 Å². The Morgan fingerprint density at radius 2 is 1.77 bits per heavy atom. The Balaban J connectivity index is 1.57. The van der Waals surface area contributed by atoms with Crippen molar-refractivity contribution in [3.8, 4) is 23.0 Å². The first-order valence-corrected chi connectivity index (χ1v) is 10.9. The van der Waals surface area contributed by atoms with Gasteiger partial charge in [-0.05, 0) is 68.0 Å². The number of hydrogen-bond donors (Lipinski definition) is 3. The molecule has 2 aromatic heterocycles. The summed E-state index contributed by atoms with van der Waals surface area (Å²) in [7, 11) is 0. The highest BCUT2D eigenvalue weighted by atomic mass is 32.2. The van der Waals surface area contributed by atoms with Crippen LogP contribution in [-0.2, 0) is 0 Å². The lowest BCUT2D eigenvalue weighted by molar-refractivity contribution is 0.449. The number of H-pyrrole nitrogens is 1. The highest BCUT2D eigenvalue weighted by Gasteiger charge is 2.13. The zero-order valence-electron chi connectivity index (χ0n) is 17.7. The third kappa shape index (κ3) is 4.77. The smallest absolute Gasteiger partial charge is 0.226 e. The Morgan fingerprint density at radius 3 is 2.48 bits per heavy atom. The van der Waals surface area contributed by atoms with Gasteiger partial charge in [-0.2, -0.15) is 4.98 Å². The molecule has 0 aliphatic carbocycles. The summed E-state index contributed by atoms with van der Waals surface area (Å²) in [5.74, 6) is 2.77. The van der Waals surface area contributed by atoms with Crippen molar-refractivity contribution in [2.24, 2.45) is 0 Å². The molecule has 4 aromatic rings. The van der Waals surface area contributed by atoms with Crippen LogP contribution in [-0.4, -0.2) is 31.4 Å². The lowest BCUT2D eigenvalue weighted by atomic mass is 10.1. The molecule has 2 aromatic carbocycles. The number of nitrogens with zero attached hydrogens (tertiary/aromatic N) is 4. The first kappa shape index (κ1) is 20.7. The average Bonchev–Trinajstić information content (AvgIpc) is 3.18. The van der Waals surface area contributed by atoms with Crippen LogP contribution in [0, 0.1) is 20.8 Å². The summed E-state index contributed by atoms with van der Waals surface area (Å²) in [5.41, 5.74) is 10.8. The van der Waals surface area contributed by atoms with Crippen LogP contribution in [0.15, 0.2) is 47.6 Å². The SMILES string of the molecule is CSc1nc(N)cc(Oc2c(C)cc(-c3nnc(Nc4cccc(C)c4)[nH]3)cc2C)n1. The Kier molecular flexibility index (Phi) is 5.77. The molecule has 0 saturated carbocycles. The quantitative estimate of drug-likeness (QED) is 0.287. The topological polar surface area (TPSA) is 115 Å². The molecule has 0 radical (unpaired) electrons. The Hall–Kier alpha value is -3.59. The van der Waals surface area contributed by atoms with Crippen LogP contribution < -0.4 is 15.8 Å². The van der Waals surface area contributed by atoms with Crippen molar-refractivity contribution in [1.29, 1.82) is 0 Å². The van der Waals surface area contributed by atoms with Gasteiger partial charge in [0.05, 0.1) is 0 Å². The van der Waals surface area contributed by atoms with Gasteiger partial charge in [0.25, 0.3) is 0 Å². The van der Waals surface area contributed by atoms with Crippen LogP contribution >= 0.6 is 11.8 Å². The van der Waals surface area contributed by atoms with Crippen molar-refractivity contribution < 1.29 is 4.74 Å². The summed E-state index contributed by atoms with van der Waals surface area (Å²) in [4.78, 5) is 11.8. The summed E-state index contributed by atoms with van der Waals surface area (Å²) >= 11 is 1.41. The maximum atomic E-state index is 6.05. The van der Waals surface area contributed by atoms with Crippen molar-refractivity contribution in [1.82, 2.24) is 25.1 Å². The highest BCUT2D eigenvalue weighted by molar-refractivity contribution is 7.98. The molecule has 0 aliphatic rings. The van der Waals surface area contributed by atoms with Crippen molar-refractivity contribution in [2.75, 3.05) is 17.3 Å². The van der Waals surface area contributed by atoms with Gasteiger partial charge < -0.3 is 20.8 Å². The average molecular weight is 434 g/mol. The first-order chi connectivity index (χ1) is 14.9. The first-order valence-electron chi connectivity index (χ1n) is 9.65. The van der Waals surface area contributed by atoms with E-state index in [1.54, 1.807) is 6.07 Å². The fourth-order valence-corrected chi connectivity index (χ4v) is 3.60. The fourth-order valence-electron chi connectivity index (χ4n) is 3.22. The van der Waals surface area contributed by atoms with Gasteiger partial charge >= 0.3 is 0 Å². The second-order valence-electron chi connectivity index (χ2n) is 7.18. The van der Waals surface area contributed by atoms with E-state index < -0.39 is 0 Å². The molecule has 4 rings (SSSR count).